The fraction of sp³-hybridized carbons (Fsp3) is 0.346. The van der Waals surface area contributed by atoms with E-state index in [-0.39, 0.29) is 95.8 Å². The van der Waals surface area contributed by atoms with E-state index in [2.05, 4.69) is 10.6 Å². The minimum Gasteiger partial charge on any atom is -0.465 e. The van der Waals surface area contributed by atoms with Gasteiger partial charge in [-0.1, -0.05) is 157 Å². The number of unbranched alkanes of at least 4 members (excludes halogenated alkanes) is 12. The number of amides is 1. The van der Waals surface area contributed by atoms with Crippen LogP contribution in [0.15, 0.2) is 277 Å². The number of aryl methyl sites for hydroxylation is 2. The first kappa shape index (κ1) is 121. The van der Waals surface area contributed by atoms with Crippen LogP contribution in [-0.2, 0) is 141 Å². The van der Waals surface area contributed by atoms with Crippen LogP contribution in [0.4, 0.5) is 11.4 Å². The number of nitrogens with two attached hydrogens (primary N) is 2. The fourth-order valence-corrected chi connectivity index (χ4v) is 13.1. The largest absolute Gasteiger partial charge is 0.465 e. The van der Waals surface area contributed by atoms with E-state index in [1.807, 2.05) is 135 Å². The van der Waals surface area contributed by atoms with E-state index in [4.69, 9.17) is 67.9 Å². The van der Waals surface area contributed by atoms with Crippen LogP contribution in [-0.4, -0.2) is 191 Å². The Morgan fingerprint density at radius 1 is 0.326 bits per heavy atom. The maximum atomic E-state index is 13.0. The van der Waals surface area contributed by atoms with E-state index < -0.39 is 102 Å². The first-order valence-corrected chi connectivity index (χ1v) is 49.0. The molecule has 8 N–H and O–H groups in total. The minimum atomic E-state index is -4.02. The van der Waals surface area contributed by atoms with Crippen LogP contribution >= 0.6 is 0 Å². The van der Waals surface area contributed by atoms with E-state index in [0.717, 1.165) is 133 Å². The molecule has 8 aromatic carbocycles. The van der Waals surface area contributed by atoms with Crippen molar-refractivity contribution in [2.24, 2.45) is 11.5 Å². The monoisotopic (exact) mass is 2030 g/mol. The van der Waals surface area contributed by atoms with Crippen LogP contribution < -0.4 is 31.6 Å². The number of ether oxygens (including phenoxy) is 10. The van der Waals surface area contributed by atoms with Gasteiger partial charge in [0.15, 0.2) is 5.78 Å². The van der Waals surface area contributed by atoms with Gasteiger partial charge in [0.25, 0.3) is 31.6 Å². The number of hydrogen-bond donors (Lipinski definition) is 6. The number of ketones is 1. The average molecular weight is 2030 g/mol. The van der Waals surface area contributed by atoms with Crippen LogP contribution in [0, 0.1) is 34.1 Å². The van der Waals surface area contributed by atoms with Crippen molar-refractivity contribution in [3.05, 3.63) is 321 Å². The number of benzene rings is 8. The van der Waals surface area contributed by atoms with Gasteiger partial charge < -0.3 is 69.5 Å². The summed E-state index contributed by atoms with van der Waals surface area (Å²) in [6.07, 6.45) is 20.8. The molecule has 0 bridgehead atoms. The molecule has 4 atom stereocenters. The highest BCUT2D eigenvalue weighted by atomic mass is 32.2. The van der Waals surface area contributed by atoms with Gasteiger partial charge in [0.2, 0.25) is 5.91 Å². The molecule has 4 unspecified atom stereocenters. The Morgan fingerprint density at radius 2 is 0.576 bits per heavy atom. The third-order valence-corrected chi connectivity index (χ3v) is 21.6. The summed E-state index contributed by atoms with van der Waals surface area (Å²) in [7, 11) is -6.30. The molecule has 774 valence electrons. The highest BCUT2D eigenvalue weighted by molar-refractivity contribution is 7.86. The minimum absolute atomic E-state index is 0.0666. The third-order valence-electron chi connectivity index (χ3n) is 19.8. The van der Waals surface area contributed by atoms with Crippen molar-refractivity contribution in [3.63, 3.8) is 0 Å². The summed E-state index contributed by atoms with van der Waals surface area (Å²) in [5.74, 6) is -6.77. The molecule has 0 aromatic heterocycles. The number of rotatable bonds is 56. The van der Waals surface area contributed by atoms with E-state index >= 15 is 0 Å². The molecule has 0 aliphatic heterocycles. The molecule has 1 amide bonds. The summed E-state index contributed by atoms with van der Waals surface area (Å²) in [5.41, 5.74) is 17.3. The maximum absolute atomic E-state index is 13.0. The number of carbonyl (C=O) groups is 12. The topological polar surface area (TPSA) is 568 Å². The Balaban J connectivity index is 0.000000414. The predicted molar refractivity (Wildman–Crippen MR) is 530 cm³/mol. The van der Waals surface area contributed by atoms with Gasteiger partial charge in [-0.15, -0.1) is 0 Å². The molecule has 0 heterocycles. The Labute approximate surface area is 836 Å². The van der Waals surface area contributed by atoms with Gasteiger partial charge in [-0.2, -0.15) is 16.8 Å². The third kappa shape index (κ3) is 57.7. The summed E-state index contributed by atoms with van der Waals surface area (Å²) in [6.45, 7) is 6.81. The number of allylic oxidation sites excluding steroid dienone is 1. The molecule has 0 spiro atoms. The van der Waals surface area contributed by atoms with Crippen LogP contribution in [0.25, 0.3) is 0 Å². The van der Waals surface area contributed by atoms with Crippen LogP contribution in [0.1, 0.15) is 143 Å². The summed E-state index contributed by atoms with van der Waals surface area (Å²) in [6, 6.07) is 57.2. The highest BCUT2D eigenvalue weighted by Crippen LogP contribution is 2.21. The number of nitrogens with one attached hydrogen (secondary N) is 2. The molecule has 0 radical (unpaired) electrons. The zero-order valence-electron chi connectivity index (χ0n) is 80.5. The first-order chi connectivity index (χ1) is 68.9. The number of nitro benzene ring substituents is 2. The van der Waals surface area contributed by atoms with Crippen molar-refractivity contribution in [2.75, 3.05) is 59.9 Å². The van der Waals surface area contributed by atoms with Gasteiger partial charge in [0.1, 0.15) is 35.7 Å². The van der Waals surface area contributed by atoms with E-state index in [1.54, 1.807) is 31.3 Å². The van der Waals surface area contributed by atoms with Gasteiger partial charge in [0.05, 0.1) is 72.5 Å². The molecular weight excluding hydrogens is 1910 g/mol. The lowest BCUT2D eigenvalue weighted by molar-refractivity contribution is -0.385. The number of esters is 10. The number of hydrogen-bond acceptors (Lipinski definition) is 33. The Morgan fingerprint density at radius 3 is 0.854 bits per heavy atom. The zero-order chi connectivity index (χ0) is 106. The van der Waals surface area contributed by atoms with E-state index in [0.29, 0.717) is 90.4 Å². The quantitative estimate of drug-likeness (QED) is 0.00301. The van der Waals surface area contributed by atoms with Gasteiger partial charge in [-0.3, -0.25) is 53.3 Å². The molecule has 0 aliphatic rings. The maximum Gasteiger partial charge on any atom is 0.336 e. The Hall–Kier alpha value is -14.9. The first-order valence-electron chi connectivity index (χ1n) is 46.1. The van der Waals surface area contributed by atoms with Crippen LogP contribution in [0.5, 0.6) is 11.5 Å². The molecule has 0 aliphatic carbocycles. The molecule has 0 fully saturated rings. The van der Waals surface area contributed by atoms with Crippen molar-refractivity contribution >= 4 is 103 Å². The lowest BCUT2D eigenvalue weighted by Gasteiger charge is -2.17. The van der Waals surface area contributed by atoms with Gasteiger partial charge in [0, 0.05) is 73.2 Å². The lowest BCUT2D eigenvalue weighted by Crippen LogP contribution is -2.42. The number of carbonyl (C=O) groups excluding carboxylic acids is 12. The lowest BCUT2D eigenvalue weighted by atomic mass is 10.1. The normalized spacial score (nSPS) is 11.8. The SMILES string of the molecule is CNC(Cc1ccccc1)C(=O)OCCCCCCOC(=O)C(Cc1ccccc1)NC(=O)C=CC(=O)OCCCCCCOC(=O)C=CC(C)=O.Cc1ccc(S(=O)(=O)O)cc1.Cc1ccc(S(=O)(=O)O)cc1.NC(Cc1ccccc1)C(=O)OCCCCCCOC(=O)C(N)Cc1ccccc1.O=C(C=CC(=O)Oc1ccc([N+](=O)[O-])cc1)OCCCCCCOC(=O)C=CC(=O)Oc1ccc([N+](=O)[O-])cc1. The van der Waals surface area contributed by atoms with Crippen molar-refractivity contribution in [1.82, 2.24) is 10.6 Å². The second kappa shape index (κ2) is 70.7. The Kier molecular flexibility index (Phi) is 59.5. The Bertz CT molecular complexity index is 5420. The molecule has 144 heavy (non-hydrogen) atoms. The van der Waals surface area contributed by atoms with Crippen LogP contribution in [0.3, 0.4) is 0 Å². The van der Waals surface area contributed by atoms with Crippen molar-refractivity contribution < 1.29 is 141 Å². The number of non-ortho nitro benzene ring substituents is 2. The summed E-state index contributed by atoms with van der Waals surface area (Å²) >= 11 is 0. The average Bonchev–Trinajstić information content (AvgIpc) is 0.847. The second-order valence-electron chi connectivity index (χ2n) is 31.7. The van der Waals surface area contributed by atoms with E-state index in [9.17, 15) is 94.6 Å². The molecule has 8 rings (SSSR count). The van der Waals surface area contributed by atoms with Gasteiger partial charge in [-0.25, -0.2) is 33.6 Å². The fourth-order valence-electron chi connectivity index (χ4n) is 12.1. The summed E-state index contributed by atoms with van der Waals surface area (Å²) < 4.78 is 110. The molecule has 8 aromatic rings. The summed E-state index contributed by atoms with van der Waals surface area (Å²) in [5, 5.41) is 26.8. The molecular formula is C104H124N6O32S2. The van der Waals surface area contributed by atoms with Gasteiger partial charge >= 0.3 is 59.7 Å². The van der Waals surface area contributed by atoms with Crippen molar-refractivity contribution in [3.8, 4) is 11.5 Å². The number of likely N-dealkylation sites (N-methyl/N-ethyl adjacent to an activating group) is 1. The molecule has 0 saturated carbocycles. The molecule has 38 nitrogen and oxygen atoms in total. The molecule has 0 saturated heterocycles. The van der Waals surface area contributed by atoms with E-state index in [1.165, 1.54) is 79.7 Å². The summed E-state index contributed by atoms with van der Waals surface area (Å²) in [4.78, 5) is 163. The second-order valence-corrected chi connectivity index (χ2v) is 34.6. The number of nitro groups is 2. The standard InChI is InChI=1S/C40H52N2O10.C26H24N2O12.C24H32N2O4.2C7H8O3S/c1-31(43)21-23-37(45)49-25-13-3-4-14-26-50-38(46)24-22-36(44)42-35(30-33-19-11-8-12-20-33)40(48)52-28-16-6-5-15-27-51-39(47)34(41-2)29-32-17-9-7-10-18-32;29-23(13-15-25(31)39-21-9-5-19(6-10-21)27(33)34)37-17-3-1-2-4-18-38-24(30)14-16-26(32)40-22-11-7-20(8-12-22)28(35)36;25-21(17-19-11-5-3-6-12-19)23(27)29-15-9-1-2-10-16-30-24(28)22(26)18-20-13-7-4-8-14-20;2*1-6-2-4-7(5-3-6)11(8,9)10/h7-12,17-24,34-35,41H,3-6,13-16,25-30H2,1-2H3,(H,42,44);5-16H,1-4,17-18H2;3-8,11-14,21-22H,1-2,9-10,15-18,25-26H2;2*2-5H,1H3,(H,8,9,10). The van der Waals surface area contributed by atoms with Gasteiger partial charge in [-0.05, 0) is 227 Å². The van der Waals surface area contributed by atoms with Crippen LogP contribution in [0.2, 0.25) is 0 Å². The molecule has 40 heteroatoms. The van der Waals surface area contributed by atoms with Crippen molar-refractivity contribution in [2.45, 2.75) is 183 Å². The predicted octanol–water partition coefficient (Wildman–Crippen LogP) is 13.6. The zero-order valence-corrected chi connectivity index (χ0v) is 82.2. The smallest absolute Gasteiger partial charge is 0.336 e. The van der Waals surface area contributed by atoms with Crippen molar-refractivity contribution in [1.29, 1.82) is 0 Å². The number of nitrogens with zero attached hydrogens (tertiary/aromatic N) is 2. The highest BCUT2D eigenvalue weighted by Gasteiger charge is 2.25.